The number of nitrogen functional groups attached to an aromatic ring is 1. The molecule has 0 aliphatic carbocycles. The van der Waals surface area contributed by atoms with Crippen LogP contribution in [0.3, 0.4) is 0 Å². The van der Waals surface area contributed by atoms with Gasteiger partial charge in [-0.3, -0.25) is 4.79 Å². The molecule has 3 aromatic rings. The van der Waals surface area contributed by atoms with Gasteiger partial charge in [-0.1, -0.05) is 39.8 Å². The summed E-state index contributed by atoms with van der Waals surface area (Å²) >= 11 is 0. The largest absolute Gasteiger partial charge is 0.354 e. The molecule has 1 aromatic carbocycles. The molecule has 0 unspecified atom stereocenters. The Morgan fingerprint density at radius 3 is 2.45 bits per heavy atom. The number of benzene rings is 1. The van der Waals surface area contributed by atoms with E-state index < -0.39 is 0 Å². The van der Waals surface area contributed by atoms with Crippen LogP contribution >= 0.6 is 0 Å². The van der Waals surface area contributed by atoms with Gasteiger partial charge >= 0.3 is 0 Å². The first-order valence-electron chi connectivity index (χ1n) is 10.7. The summed E-state index contributed by atoms with van der Waals surface area (Å²) in [4.78, 5) is 21.4. The Labute approximate surface area is 183 Å². The summed E-state index contributed by atoms with van der Waals surface area (Å²) in [7, 11) is 0. The first-order chi connectivity index (χ1) is 14.7. The fraction of sp³-hybridized carbons (Fsp3) is 0.375. The second kappa shape index (κ2) is 8.06. The Morgan fingerprint density at radius 2 is 1.87 bits per heavy atom. The third kappa shape index (κ3) is 4.26. The van der Waals surface area contributed by atoms with Crippen LogP contribution in [-0.4, -0.2) is 33.9 Å². The predicted octanol–water partition coefficient (Wildman–Crippen LogP) is 4.27. The van der Waals surface area contributed by atoms with E-state index >= 15 is 0 Å². The fourth-order valence-corrected chi connectivity index (χ4v) is 4.05. The molecule has 1 aliphatic heterocycles. The fourth-order valence-electron chi connectivity index (χ4n) is 4.05. The summed E-state index contributed by atoms with van der Waals surface area (Å²) < 4.78 is 0. The van der Waals surface area contributed by atoms with Crippen LogP contribution in [-0.2, 0) is 0 Å². The lowest BCUT2D eigenvalue weighted by Gasteiger charge is -2.24. The quantitative estimate of drug-likeness (QED) is 0.604. The molecule has 4 rings (SSSR count). The van der Waals surface area contributed by atoms with Gasteiger partial charge in [-0.05, 0) is 47.6 Å². The first kappa shape index (κ1) is 20.9. The Morgan fingerprint density at radius 1 is 1.13 bits per heavy atom. The van der Waals surface area contributed by atoms with Crippen molar-refractivity contribution in [3.63, 3.8) is 0 Å². The van der Waals surface area contributed by atoms with Gasteiger partial charge < -0.3 is 16.1 Å². The molecule has 1 saturated heterocycles. The van der Waals surface area contributed by atoms with Gasteiger partial charge in [0.25, 0.3) is 5.91 Å². The molecular weight excluding hydrogens is 388 g/mol. The minimum absolute atomic E-state index is 0.174. The number of nitrogens with two attached hydrogens (primary N) is 1. The highest BCUT2D eigenvalue weighted by Gasteiger charge is 2.32. The number of amides is 1. The topological polar surface area (TPSA) is 89.1 Å². The van der Waals surface area contributed by atoms with Crippen molar-refractivity contribution in [1.82, 2.24) is 14.9 Å². The number of rotatable bonds is 5. The van der Waals surface area contributed by atoms with Gasteiger partial charge in [0.05, 0.1) is 17.6 Å². The van der Waals surface area contributed by atoms with Crippen LogP contribution in [0.4, 0.5) is 11.5 Å². The highest BCUT2D eigenvalue weighted by Crippen LogP contribution is 2.39. The van der Waals surface area contributed by atoms with Crippen molar-refractivity contribution in [2.75, 3.05) is 29.1 Å². The molecule has 1 amide bonds. The van der Waals surface area contributed by atoms with Gasteiger partial charge in [0.15, 0.2) is 5.82 Å². The third-order valence-corrected chi connectivity index (χ3v) is 5.93. The number of nitrogens with zero attached hydrogens (tertiary/aromatic N) is 4. The lowest BCUT2D eigenvalue weighted by Crippen LogP contribution is -2.26. The normalized spacial score (nSPS) is 15.5. The molecular formula is C24H30N6O. The average molecular weight is 419 g/mol. The molecule has 2 aromatic heterocycles. The van der Waals surface area contributed by atoms with Gasteiger partial charge in [-0.2, -0.15) is 9.89 Å². The van der Waals surface area contributed by atoms with Crippen LogP contribution in [0.15, 0.2) is 48.8 Å². The second-order valence-electron chi connectivity index (χ2n) is 9.28. The number of carbonyl (C=O) groups excluding carboxylic acids is 1. The lowest BCUT2D eigenvalue weighted by atomic mass is 9.93. The summed E-state index contributed by atoms with van der Waals surface area (Å²) in [6.45, 7) is 10.5. The van der Waals surface area contributed by atoms with Crippen molar-refractivity contribution in [3.05, 3.63) is 59.9 Å². The van der Waals surface area contributed by atoms with Crippen molar-refractivity contribution in [3.8, 4) is 11.3 Å². The smallest absolute Gasteiger partial charge is 0.255 e. The van der Waals surface area contributed by atoms with E-state index in [1.807, 2.05) is 36.4 Å². The molecule has 31 heavy (non-hydrogen) atoms. The number of carbonyl (C=O) groups is 1. The molecule has 3 heterocycles. The van der Waals surface area contributed by atoms with E-state index in [0.717, 1.165) is 30.9 Å². The van der Waals surface area contributed by atoms with Crippen LogP contribution in [0.2, 0.25) is 0 Å². The van der Waals surface area contributed by atoms with E-state index in [9.17, 15) is 4.79 Å². The van der Waals surface area contributed by atoms with Crippen LogP contribution in [0.25, 0.3) is 11.3 Å². The Kier molecular flexibility index (Phi) is 5.43. The summed E-state index contributed by atoms with van der Waals surface area (Å²) in [6.07, 6.45) is 4.47. The van der Waals surface area contributed by atoms with Crippen LogP contribution in [0.5, 0.6) is 0 Å². The first-order valence-corrected chi connectivity index (χ1v) is 10.7. The minimum atomic E-state index is -0.174. The summed E-state index contributed by atoms with van der Waals surface area (Å²) in [5.41, 5.74) is 4.17. The Balaban J connectivity index is 1.73. The predicted molar refractivity (Wildman–Crippen MR) is 125 cm³/mol. The third-order valence-electron chi connectivity index (χ3n) is 5.93. The number of nitrogens with one attached hydrogen (secondary N) is 1. The maximum atomic E-state index is 13.2. The van der Waals surface area contributed by atoms with Crippen molar-refractivity contribution in [1.29, 1.82) is 0 Å². The molecule has 1 aliphatic rings. The summed E-state index contributed by atoms with van der Waals surface area (Å²) in [5.74, 6) is 7.03. The Hall–Kier alpha value is -3.35. The van der Waals surface area contributed by atoms with Gasteiger partial charge in [0.1, 0.15) is 0 Å². The van der Waals surface area contributed by atoms with E-state index in [4.69, 9.17) is 5.84 Å². The zero-order valence-electron chi connectivity index (χ0n) is 18.6. The standard InChI is InChI=1S/C24H30N6O/c1-16(2)17-5-7-18(8-6-17)23(31)28-21-19(20-10-13-27-30(20)25)9-12-26-22(21)29-14-11-24(3,4)15-29/h5-10,12-13,16H,11,14-15,25H2,1-4H3,(H,28,31). The maximum Gasteiger partial charge on any atom is 0.255 e. The van der Waals surface area contributed by atoms with E-state index in [0.29, 0.717) is 22.9 Å². The molecule has 0 saturated carbocycles. The van der Waals surface area contributed by atoms with Gasteiger partial charge in [-0.25, -0.2) is 4.98 Å². The number of aromatic nitrogens is 3. The van der Waals surface area contributed by atoms with Crippen molar-refractivity contribution in [2.45, 2.75) is 40.0 Å². The number of pyridine rings is 1. The number of hydrogen-bond acceptors (Lipinski definition) is 5. The average Bonchev–Trinajstić information content (AvgIpc) is 3.33. The summed E-state index contributed by atoms with van der Waals surface area (Å²) in [5, 5.41) is 7.22. The van der Waals surface area contributed by atoms with Gasteiger partial charge in [0, 0.05) is 30.4 Å². The van der Waals surface area contributed by atoms with Crippen molar-refractivity contribution in [2.24, 2.45) is 5.41 Å². The van der Waals surface area contributed by atoms with Crippen LogP contribution < -0.4 is 16.1 Å². The minimum Gasteiger partial charge on any atom is -0.354 e. The van der Waals surface area contributed by atoms with Crippen LogP contribution in [0.1, 0.15) is 56.0 Å². The van der Waals surface area contributed by atoms with Crippen molar-refractivity contribution >= 4 is 17.4 Å². The molecule has 0 spiro atoms. The van der Waals surface area contributed by atoms with E-state index in [2.05, 4.69) is 48.0 Å². The molecule has 162 valence electrons. The maximum absolute atomic E-state index is 13.2. The molecule has 0 atom stereocenters. The van der Waals surface area contributed by atoms with Crippen LogP contribution in [0, 0.1) is 5.41 Å². The zero-order chi connectivity index (χ0) is 22.2. The number of anilines is 2. The molecule has 7 heteroatoms. The zero-order valence-corrected chi connectivity index (χ0v) is 18.6. The second-order valence-corrected chi connectivity index (χ2v) is 9.28. The van der Waals surface area contributed by atoms with Gasteiger partial charge in [-0.15, -0.1) is 0 Å². The van der Waals surface area contributed by atoms with E-state index in [1.165, 1.54) is 10.4 Å². The van der Waals surface area contributed by atoms with Gasteiger partial charge in [0.2, 0.25) is 0 Å². The van der Waals surface area contributed by atoms with E-state index in [-0.39, 0.29) is 11.3 Å². The summed E-state index contributed by atoms with van der Waals surface area (Å²) in [6, 6.07) is 11.4. The van der Waals surface area contributed by atoms with Crippen molar-refractivity contribution < 1.29 is 4.79 Å². The van der Waals surface area contributed by atoms with E-state index in [1.54, 1.807) is 12.4 Å². The SMILES string of the molecule is CC(C)c1ccc(C(=O)Nc2c(-c3ccnn3N)ccnc2N2CCC(C)(C)C2)cc1. The molecule has 0 radical (unpaired) electrons. The number of hydrogen-bond donors (Lipinski definition) is 2. The molecule has 0 bridgehead atoms. The Bertz CT molecular complexity index is 1080. The molecule has 3 N–H and O–H groups in total. The lowest BCUT2D eigenvalue weighted by molar-refractivity contribution is 0.102. The molecule has 1 fully saturated rings. The molecule has 7 nitrogen and oxygen atoms in total. The monoisotopic (exact) mass is 418 g/mol. The highest BCUT2D eigenvalue weighted by molar-refractivity contribution is 6.08. The highest BCUT2D eigenvalue weighted by atomic mass is 16.1.